The van der Waals surface area contributed by atoms with E-state index in [1.807, 2.05) is 20.8 Å². The van der Waals surface area contributed by atoms with Gasteiger partial charge in [0, 0.05) is 0 Å². The van der Waals surface area contributed by atoms with Gasteiger partial charge < -0.3 is 4.74 Å². The van der Waals surface area contributed by atoms with Gasteiger partial charge in [0.15, 0.2) is 0 Å². The van der Waals surface area contributed by atoms with E-state index in [0.29, 0.717) is 11.8 Å². The van der Waals surface area contributed by atoms with Crippen LogP contribution in [0.2, 0.25) is 0 Å². The van der Waals surface area contributed by atoms with Crippen molar-refractivity contribution in [2.75, 3.05) is 0 Å². The molecule has 0 N–H and O–H groups in total. The summed E-state index contributed by atoms with van der Waals surface area (Å²) in [7, 11) is 0. The summed E-state index contributed by atoms with van der Waals surface area (Å²) in [5.41, 5.74) is -0.317. The molecular weight excluding hydrogens is 176 g/mol. The van der Waals surface area contributed by atoms with Gasteiger partial charge in [0.2, 0.25) is 0 Å². The molecule has 2 unspecified atom stereocenters. The molecule has 0 amide bonds. The minimum Gasteiger partial charge on any atom is -0.460 e. The van der Waals surface area contributed by atoms with Crippen molar-refractivity contribution in [1.82, 2.24) is 0 Å². The first kappa shape index (κ1) is 10.0. The van der Waals surface area contributed by atoms with Crippen molar-refractivity contribution in [3.05, 3.63) is 0 Å². The maximum absolute atomic E-state index is 11.8. The van der Waals surface area contributed by atoms with Crippen molar-refractivity contribution in [3.8, 4) is 0 Å². The summed E-state index contributed by atoms with van der Waals surface area (Å²) in [6.45, 7) is 5.82. The lowest BCUT2D eigenvalue weighted by Gasteiger charge is -2.19. The zero-order valence-electron chi connectivity index (χ0n) is 9.38. The lowest BCUT2D eigenvalue weighted by Crippen LogP contribution is -2.25. The van der Waals surface area contributed by atoms with E-state index in [4.69, 9.17) is 4.74 Å². The molecule has 2 fully saturated rings. The number of fused-ring (bicyclic) bond motifs is 1. The van der Waals surface area contributed by atoms with Crippen LogP contribution in [0.1, 0.15) is 46.5 Å². The van der Waals surface area contributed by atoms with Gasteiger partial charge in [-0.25, -0.2) is 0 Å². The Morgan fingerprint density at radius 2 is 1.64 bits per heavy atom. The molecule has 0 aliphatic heterocycles. The zero-order chi connectivity index (χ0) is 10.3. The molecular formula is C12H20O2. The third kappa shape index (κ3) is 1.94. The largest absolute Gasteiger partial charge is 0.460 e. The van der Waals surface area contributed by atoms with Crippen molar-refractivity contribution < 1.29 is 9.53 Å². The Bertz CT molecular complexity index is 227. The second-order valence-electron chi connectivity index (χ2n) is 5.67. The zero-order valence-corrected chi connectivity index (χ0v) is 9.38. The lowest BCUT2D eigenvalue weighted by molar-refractivity contribution is -0.157. The van der Waals surface area contributed by atoms with Gasteiger partial charge in [0.05, 0.1) is 5.92 Å². The Hall–Kier alpha value is -0.530. The van der Waals surface area contributed by atoms with Crippen LogP contribution in [-0.4, -0.2) is 11.6 Å². The first-order valence-corrected chi connectivity index (χ1v) is 5.72. The standard InChI is InChI=1S/C12H20O2/c1-12(2,3)14-11(13)10-8-6-4-5-7-9(8)10/h8-10H,4-7H2,1-3H3. The summed E-state index contributed by atoms with van der Waals surface area (Å²) in [4.78, 5) is 11.8. The number of hydrogen-bond acceptors (Lipinski definition) is 2. The molecule has 2 aliphatic carbocycles. The van der Waals surface area contributed by atoms with Crippen LogP contribution in [0.3, 0.4) is 0 Å². The van der Waals surface area contributed by atoms with Gasteiger partial charge in [0.1, 0.15) is 5.60 Å². The fourth-order valence-corrected chi connectivity index (χ4v) is 2.71. The number of ether oxygens (including phenoxy) is 1. The molecule has 0 radical (unpaired) electrons. The third-order valence-corrected chi connectivity index (χ3v) is 3.34. The van der Waals surface area contributed by atoms with E-state index in [2.05, 4.69) is 0 Å². The molecule has 0 aromatic carbocycles. The van der Waals surface area contributed by atoms with E-state index in [9.17, 15) is 4.79 Å². The van der Waals surface area contributed by atoms with Crippen molar-refractivity contribution in [1.29, 1.82) is 0 Å². The van der Waals surface area contributed by atoms with Gasteiger partial charge in [-0.15, -0.1) is 0 Å². The predicted octanol–water partition coefficient (Wildman–Crippen LogP) is 2.76. The minimum atomic E-state index is -0.317. The molecule has 2 aliphatic rings. The fraction of sp³-hybridized carbons (Fsp3) is 0.917. The second kappa shape index (κ2) is 3.25. The molecule has 0 saturated heterocycles. The third-order valence-electron chi connectivity index (χ3n) is 3.34. The fourth-order valence-electron chi connectivity index (χ4n) is 2.71. The molecule has 14 heavy (non-hydrogen) atoms. The van der Waals surface area contributed by atoms with Crippen LogP contribution >= 0.6 is 0 Å². The highest BCUT2D eigenvalue weighted by molar-refractivity contribution is 5.77. The smallest absolute Gasteiger partial charge is 0.310 e. The van der Waals surface area contributed by atoms with Crippen molar-refractivity contribution in [2.24, 2.45) is 17.8 Å². The Kier molecular flexibility index (Phi) is 2.32. The normalized spacial score (nSPS) is 36.1. The van der Waals surface area contributed by atoms with E-state index in [0.717, 1.165) is 0 Å². The van der Waals surface area contributed by atoms with Crippen molar-refractivity contribution >= 4 is 5.97 Å². The van der Waals surface area contributed by atoms with E-state index >= 15 is 0 Å². The summed E-state index contributed by atoms with van der Waals surface area (Å²) < 4.78 is 5.41. The molecule has 0 bridgehead atoms. The molecule has 2 atom stereocenters. The van der Waals surface area contributed by atoms with Crippen LogP contribution in [0.5, 0.6) is 0 Å². The number of carbonyl (C=O) groups excluding carboxylic acids is 1. The molecule has 0 spiro atoms. The van der Waals surface area contributed by atoms with Crippen LogP contribution in [0.4, 0.5) is 0 Å². The van der Waals surface area contributed by atoms with Gasteiger partial charge in [0.25, 0.3) is 0 Å². The van der Waals surface area contributed by atoms with Gasteiger partial charge in [-0.1, -0.05) is 12.8 Å². The Balaban J connectivity index is 1.88. The highest BCUT2D eigenvalue weighted by Gasteiger charge is 2.56. The highest BCUT2D eigenvalue weighted by Crippen LogP contribution is 2.56. The molecule has 2 saturated carbocycles. The maximum atomic E-state index is 11.8. The summed E-state index contributed by atoms with van der Waals surface area (Å²) in [6, 6.07) is 0. The van der Waals surface area contributed by atoms with Gasteiger partial charge in [-0.05, 0) is 45.4 Å². The van der Waals surface area contributed by atoms with Crippen LogP contribution in [0.15, 0.2) is 0 Å². The summed E-state index contributed by atoms with van der Waals surface area (Å²) >= 11 is 0. The average Bonchev–Trinajstić information content (AvgIpc) is 2.73. The Labute approximate surface area is 86.0 Å². The first-order chi connectivity index (χ1) is 6.49. The SMILES string of the molecule is CC(C)(C)OC(=O)C1C2CCCCC21. The number of hydrogen-bond donors (Lipinski definition) is 0. The van der Waals surface area contributed by atoms with Crippen LogP contribution < -0.4 is 0 Å². The van der Waals surface area contributed by atoms with Crippen LogP contribution in [0.25, 0.3) is 0 Å². The molecule has 0 aromatic rings. The molecule has 2 rings (SSSR count). The number of esters is 1. The molecule has 0 heterocycles. The van der Waals surface area contributed by atoms with E-state index in [1.165, 1.54) is 25.7 Å². The lowest BCUT2D eigenvalue weighted by atomic mass is 10.0. The molecule has 2 heteroatoms. The summed E-state index contributed by atoms with van der Waals surface area (Å²) in [5.74, 6) is 1.63. The van der Waals surface area contributed by atoms with Crippen LogP contribution in [-0.2, 0) is 9.53 Å². The van der Waals surface area contributed by atoms with Gasteiger partial charge in [-0.2, -0.15) is 0 Å². The minimum absolute atomic E-state index is 0.0504. The molecule has 0 aromatic heterocycles. The first-order valence-electron chi connectivity index (χ1n) is 5.72. The predicted molar refractivity (Wildman–Crippen MR) is 54.8 cm³/mol. The molecule has 2 nitrogen and oxygen atoms in total. The van der Waals surface area contributed by atoms with Gasteiger partial charge in [-0.3, -0.25) is 4.79 Å². The number of rotatable bonds is 1. The van der Waals surface area contributed by atoms with E-state index in [-0.39, 0.29) is 17.5 Å². The summed E-state index contributed by atoms with van der Waals surface area (Å²) in [5, 5.41) is 0. The quantitative estimate of drug-likeness (QED) is 0.603. The Morgan fingerprint density at radius 3 is 2.07 bits per heavy atom. The second-order valence-corrected chi connectivity index (χ2v) is 5.67. The van der Waals surface area contributed by atoms with Crippen LogP contribution in [0, 0.1) is 17.8 Å². The Morgan fingerprint density at radius 1 is 1.14 bits per heavy atom. The van der Waals surface area contributed by atoms with E-state index in [1.54, 1.807) is 0 Å². The van der Waals surface area contributed by atoms with Crippen molar-refractivity contribution in [3.63, 3.8) is 0 Å². The summed E-state index contributed by atoms with van der Waals surface area (Å²) in [6.07, 6.45) is 5.10. The highest BCUT2D eigenvalue weighted by atomic mass is 16.6. The monoisotopic (exact) mass is 196 g/mol. The molecule has 80 valence electrons. The van der Waals surface area contributed by atoms with E-state index < -0.39 is 0 Å². The maximum Gasteiger partial charge on any atom is 0.310 e. The topological polar surface area (TPSA) is 26.3 Å². The average molecular weight is 196 g/mol. The van der Waals surface area contributed by atoms with Gasteiger partial charge >= 0.3 is 5.97 Å². The number of carbonyl (C=O) groups is 1. The van der Waals surface area contributed by atoms with Crippen molar-refractivity contribution in [2.45, 2.75) is 52.1 Å².